The summed E-state index contributed by atoms with van der Waals surface area (Å²) in [6, 6.07) is 0. The van der Waals surface area contributed by atoms with Gasteiger partial charge in [-0.2, -0.15) is 13.2 Å². The largest absolute Gasteiger partial charge is 0.392 e. The molecule has 1 amide bonds. The standard InChI is InChI=1S/C7H12F3NO2/c1-5(12)4-11-6(13)2-3-7(8,9)10/h5,12H,2-4H2,1H3,(H,11,13). The van der Waals surface area contributed by atoms with E-state index in [0.717, 1.165) is 0 Å². The van der Waals surface area contributed by atoms with Crippen LogP contribution in [0.1, 0.15) is 19.8 Å². The van der Waals surface area contributed by atoms with Crippen molar-refractivity contribution in [3.05, 3.63) is 0 Å². The van der Waals surface area contributed by atoms with E-state index in [1.807, 2.05) is 0 Å². The molecule has 1 unspecified atom stereocenters. The Morgan fingerprint density at radius 3 is 2.46 bits per heavy atom. The van der Waals surface area contributed by atoms with Crippen molar-refractivity contribution in [1.82, 2.24) is 5.32 Å². The van der Waals surface area contributed by atoms with Crippen LogP contribution in [0.15, 0.2) is 0 Å². The summed E-state index contributed by atoms with van der Waals surface area (Å²) in [5, 5.41) is 10.9. The highest BCUT2D eigenvalue weighted by molar-refractivity contribution is 5.75. The molecule has 0 saturated heterocycles. The smallest absolute Gasteiger partial charge is 0.389 e. The maximum Gasteiger partial charge on any atom is 0.389 e. The maximum atomic E-state index is 11.6. The molecule has 3 nitrogen and oxygen atoms in total. The first kappa shape index (κ1) is 12.2. The summed E-state index contributed by atoms with van der Waals surface area (Å²) in [5.74, 6) is -0.696. The van der Waals surface area contributed by atoms with E-state index in [-0.39, 0.29) is 6.54 Å². The van der Waals surface area contributed by atoms with Gasteiger partial charge in [-0.3, -0.25) is 4.79 Å². The first-order chi connectivity index (χ1) is 5.81. The van der Waals surface area contributed by atoms with Gasteiger partial charge in [0.2, 0.25) is 5.91 Å². The molecule has 0 aliphatic rings. The predicted molar refractivity (Wildman–Crippen MR) is 40.0 cm³/mol. The number of hydrogen-bond acceptors (Lipinski definition) is 2. The summed E-state index contributed by atoms with van der Waals surface area (Å²) in [5.41, 5.74) is 0. The zero-order chi connectivity index (χ0) is 10.5. The van der Waals surface area contributed by atoms with E-state index in [2.05, 4.69) is 5.32 Å². The van der Waals surface area contributed by atoms with Crippen molar-refractivity contribution in [2.75, 3.05) is 6.54 Å². The summed E-state index contributed by atoms with van der Waals surface area (Å²) in [7, 11) is 0. The Morgan fingerprint density at radius 1 is 1.54 bits per heavy atom. The summed E-state index contributed by atoms with van der Waals surface area (Å²) in [4.78, 5) is 10.7. The Kier molecular flexibility index (Phi) is 4.76. The number of aliphatic hydroxyl groups is 1. The van der Waals surface area contributed by atoms with Gasteiger partial charge in [-0.05, 0) is 6.92 Å². The van der Waals surface area contributed by atoms with Crippen molar-refractivity contribution in [1.29, 1.82) is 0 Å². The second-order valence-corrected chi connectivity index (χ2v) is 2.77. The quantitative estimate of drug-likeness (QED) is 0.704. The Morgan fingerprint density at radius 2 is 2.08 bits per heavy atom. The molecular formula is C7H12F3NO2. The summed E-state index contributed by atoms with van der Waals surface area (Å²) < 4.78 is 34.8. The van der Waals surface area contributed by atoms with E-state index >= 15 is 0 Å². The molecule has 0 heterocycles. The van der Waals surface area contributed by atoms with Gasteiger partial charge in [0.1, 0.15) is 0 Å². The van der Waals surface area contributed by atoms with E-state index in [9.17, 15) is 18.0 Å². The maximum absolute atomic E-state index is 11.6. The third kappa shape index (κ3) is 9.13. The number of halogens is 3. The minimum Gasteiger partial charge on any atom is -0.392 e. The van der Waals surface area contributed by atoms with Crippen LogP contribution in [0, 0.1) is 0 Å². The molecule has 0 aliphatic carbocycles. The first-order valence-electron chi connectivity index (χ1n) is 3.83. The average Bonchev–Trinajstić information content (AvgIpc) is 1.95. The molecule has 0 aliphatic heterocycles. The molecule has 0 aromatic rings. The highest BCUT2D eigenvalue weighted by atomic mass is 19.4. The van der Waals surface area contributed by atoms with E-state index in [4.69, 9.17) is 5.11 Å². The van der Waals surface area contributed by atoms with Gasteiger partial charge in [-0.1, -0.05) is 0 Å². The number of alkyl halides is 3. The molecule has 0 rings (SSSR count). The molecule has 0 saturated carbocycles. The number of rotatable bonds is 4. The molecule has 0 spiro atoms. The summed E-state index contributed by atoms with van der Waals surface area (Å²) in [6.07, 6.45) is -6.76. The van der Waals surface area contributed by atoms with Crippen LogP contribution >= 0.6 is 0 Å². The van der Waals surface area contributed by atoms with Crippen molar-refractivity contribution in [2.45, 2.75) is 32.0 Å². The number of carbonyl (C=O) groups excluding carboxylic acids is 1. The lowest BCUT2D eigenvalue weighted by molar-refractivity contribution is -0.144. The molecule has 1 atom stereocenters. The van der Waals surface area contributed by atoms with Gasteiger partial charge >= 0.3 is 6.18 Å². The van der Waals surface area contributed by atoms with Crippen molar-refractivity contribution < 1.29 is 23.1 Å². The number of amides is 1. The van der Waals surface area contributed by atoms with E-state index in [0.29, 0.717) is 0 Å². The second kappa shape index (κ2) is 5.06. The fraction of sp³-hybridized carbons (Fsp3) is 0.857. The lowest BCUT2D eigenvalue weighted by Crippen LogP contribution is -2.31. The Balaban J connectivity index is 3.53. The molecule has 13 heavy (non-hydrogen) atoms. The second-order valence-electron chi connectivity index (χ2n) is 2.77. The highest BCUT2D eigenvalue weighted by Crippen LogP contribution is 2.20. The first-order valence-corrected chi connectivity index (χ1v) is 3.83. The molecule has 0 aromatic heterocycles. The van der Waals surface area contributed by atoms with E-state index in [1.165, 1.54) is 6.92 Å². The van der Waals surface area contributed by atoms with Crippen molar-refractivity contribution >= 4 is 5.91 Å². The SMILES string of the molecule is CC(O)CNC(=O)CCC(F)(F)F. The van der Waals surface area contributed by atoms with Gasteiger partial charge in [-0.15, -0.1) is 0 Å². The van der Waals surface area contributed by atoms with Crippen molar-refractivity contribution in [3.63, 3.8) is 0 Å². The minimum atomic E-state index is -4.30. The fourth-order valence-corrected chi connectivity index (χ4v) is 0.605. The van der Waals surface area contributed by atoms with Crippen LogP contribution < -0.4 is 5.32 Å². The van der Waals surface area contributed by atoms with Gasteiger partial charge in [0.15, 0.2) is 0 Å². The van der Waals surface area contributed by atoms with Gasteiger partial charge in [0.25, 0.3) is 0 Å². The molecular weight excluding hydrogens is 187 g/mol. The third-order valence-electron chi connectivity index (χ3n) is 1.23. The molecule has 0 bridgehead atoms. The zero-order valence-electron chi connectivity index (χ0n) is 7.19. The van der Waals surface area contributed by atoms with Crippen LogP contribution in [0.4, 0.5) is 13.2 Å². The zero-order valence-corrected chi connectivity index (χ0v) is 7.19. The molecule has 0 aromatic carbocycles. The molecule has 6 heteroatoms. The Hall–Kier alpha value is -0.780. The summed E-state index contributed by atoms with van der Waals surface area (Å²) >= 11 is 0. The number of aliphatic hydroxyl groups excluding tert-OH is 1. The van der Waals surface area contributed by atoms with Crippen LogP contribution in [0.25, 0.3) is 0 Å². The van der Waals surface area contributed by atoms with E-state index in [1.54, 1.807) is 0 Å². The molecule has 0 fully saturated rings. The number of carbonyl (C=O) groups is 1. The Bertz CT molecular complexity index is 168. The minimum absolute atomic E-state index is 0.0172. The van der Waals surface area contributed by atoms with Crippen LogP contribution in [-0.4, -0.2) is 29.8 Å². The number of hydrogen-bond donors (Lipinski definition) is 2. The van der Waals surface area contributed by atoms with Gasteiger partial charge < -0.3 is 10.4 Å². The van der Waals surface area contributed by atoms with Crippen LogP contribution in [0.3, 0.4) is 0 Å². The van der Waals surface area contributed by atoms with Crippen LogP contribution in [0.5, 0.6) is 0 Å². The van der Waals surface area contributed by atoms with Crippen molar-refractivity contribution in [2.24, 2.45) is 0 Å². The summed E-state index contributed by atoms with van der Waals surface area (Å²) in [6.45, 7) is 1.42. The molecule has 0 radical (unpaired) electrons. The Labute approximate surface area is 73.9 Å². The highest BCUT2D eigenvalue weighted by Gasteiger charge is 2.27. The molecule has 2 N–H and O–H groups in total. The van der Waals surface area contributed by atoms with Crippen molar-refractivity contribution in [3.8, 4) is 0 Å². The van der Waals surface area contributed by atoms with Crippen LogP contribution in [-0.2, 0) is 4.79 Å². The van der Waals surface area contributed by atoms with Gasteiger partial charge in [0.05, 0.1) is 12.5 Å². The van der Waals surface area contributed by atoms with Crippen LogP contribution in [0.2, 0.25) is 0 Å². The predicted octanol–water partition coefficient (Wildman–Crippen LogP) is 0.826. The monoisotopic (exact) mass is 199 g/mol. The third-order valence-corrected chi connectivity index (χ3v) is 1.23. The number of nitrogens with one attached hydrogen (secondary N) is 1. The van der Waals surface area contributed by atoms with Gasteiger partial charge in [0, 0.05) is 13.0 Å². The lowest BCUT2D eigenvalue weighted by Gasteiger charge is -2.08. The normalized spacial score (nSPS) is 13.9. The van der Waals surface area contributed by atoms with Gasteiger partial charge in [-0.25, -0.2) is 0 Å². The molecule has 78 valence electrons. The fourth-order valence-electron chi connectivity index (χ4n) is 0.605. The average molecular weight is 199 g/mol. The topological polar surface area (TPSA) is 49.3 Å². The van der Waals surface area contributed by atoms with E-state index < -0.39 is 31.0 Å². The lowest BCUT2D eigenvalue weighted by atomic mass is 10.3.